The first-order chi connectivity index (χ1) is 10.7. The van der Waals surface area contributed by atoms with E-state index >= 15 is 0 Å². The maximum Gasteiger partial charge on any atom is 0.287 e. The van der Waals surface area contributed by atoms with Gasteiger partial charge >= 0.3 is 0 Å². The van der Waals surface area contributed by atoms with E-state index in [1.165, 1.54) is 16.2 Å². The molecule has 7 nitrogen and oxygen atoms in total. The van der Waals surface area contributed by atoms with Crippen LogP contribution in [0.2, 0.25) is 0 Å². The molecule has 112 valence electrons. The van der Waals surface area contributed by atoms with Gasteiger partial charge in [0.15, 0.2) is 0 Å². The second-order valence-electron chi connectivity index (χ2n) is 5.17. The van der Waals surface area contributed by atoms with Crippen molar-refractivity contribution in [2.45, 2.75) is 25.8 Å². The molecule has 3 aromatic rings. The molecule has 3 aromatic heterocycles. The van der Waals surface area contributed by atoms with Gasteiger partial charge in [-0.05, 0) is 24.8 Å². The molecular formula is C14H13N5O2S. The fraction of sp³-hybridized carbons (Fsp3) is 0.286. The summed E-state index contributed by atoms with van der Waals surface area (Å²) in [6.45, 7) is 0.258. The Labute approximate surface area is 128 Å². The summed E-state index contributed by atoms with van der Waals surface area (Å²) in [5, 5.41) is 3.33. The van der Waals surface area contributed by atoms with Crippen molar-refractivity contribution in [1.29, 1.82) is 0 Å². The molecule has 3 N–H and O–H groups in total. The molecule has 4 rings (SSSR count). The predicted octanol–water partition coefficient (Wildman–Crippen LogP) is 1.13. The van der Waals surface area contributed by atoms with Gasteiger partial charge < -0.3 is 15.3 Å². The fourth-order valence-electron chi connectivity index (χ4n) is 2.75. The second kappa shape index (κ2) is 5.06. The first kappa shape index (κ1) is 13.2. The smallest absolute Gasteiger partial charge is 0.287 e. The van der Waals surface area contributed by atoms with Crippen molar-refractivity contribution in [1.82, 2.24) is 25.3 Å². The van der Waals surface area contributed by atoms with Gasteiger partial charge in [0.25, 0.3) is 11.5 Å². The zero-order chi connectivity index (χ0) is 15.1. The zero-order valence-electron chi connectivity index (χ0n) is 11.6. The Bertz CT molecular complexity index is 909. The number of carbonyl (C=O) groups excluding carboxylic acids is 1. The molecule has 0 saturated heterocycles. The number of thiophene rings is 1. The van der Waals surface area contributed by atoms with Crippen molar-refractivity contribution < 1.29 is 4.79 Å². The van der Waals surface area contributed by atoms with Crippen LogP contribution in [0.15, 0.2) is 17.2 Å². The van der Waals surface area contributed by atoms with Crippen molar-refractivity contribution in [3.8, 4) is 0 Å². The normalized spacial score (nSPS) is 13.5. The van der Waals surface area contributed by atoms with Gasteiger partial charge in [0.05, 0.1) is 11.9 Å². The molecule has 0 aromatic carbocycles. The van der Waals surface area contributed by atoms with Crippen LogP contribution in [0.5, 0.6) is 0 Å². The molecule has 8 heteroatoms. The number of hydrogen-bond acceptors (Lipinski definition) is 5. The SMILES string of the molecule is O=C(NCc1ncc[nH]1)c1nc2sc3c(c2c(=O)[nH]1)CCC3. The Hall–Kier alpha value is -2.48. The summed E-state index contributed by atoms with van der Waals surface area (Å²) < 4.78 is 0. The summed E-state index contributed by atoms with van der Waals surface area (Å²) in [7, 11) is 0. The number of aromatic nitrogens is 4. The molecule has 0 unspecified atom stereocenters. The number of carbonyl (C=O) groups is 1. The van der Waals surface area contributed by atoms with Crippen LogP contribution in [-0.4, -0.2) is 25.8 Å². The first-order valence-electron chi connectivity index (χ1n) is 7.03. The van der Waals surface area contributed by atoms with Crippen LogP contribution < -0.4 is 10.9 Å². The third-order valence-electron chi connectivity index (χ3n) is 3.76. The minimum Gasteiger partial charge on any atom is -0.347 e. The van der Waals surface area contributed by atoms with E-state index in [1.807, 2.05) is 0 Å². The van der Waals surface area contributed by atoms with E-state index in [1.54, 1.807) is 12.4 Å². The van der Waals surface area contributed by atoms with E-state index in [0.717, 1.165) is 24.8 Å². The number of amides is 1. The second-order valence-corrected chi connectivity index (χ2v) is 6.25. The van der Waals surface area contributed by atoms with Crippen LogP contribution in [0, 0.1) is 0 Å². The highest BCUT2D eigenvalue weighted by atomic mass is 32.1. The molecule has 1 amide bonds. The molecule has 1 aliphatic rings. The minimum atomic E-state index is -0.413. The van der Waals surface area contributed by atoms with Crippen LogP contribution in [0.3, 0.4) is 0 Å². The fourth-order valence-corrected chi connectivity index (χ4v) is 4.01. The Kier molecular flexibility index (Phi) is 3.04. The van der Waals surface area contributed by atoms with Gasteiger partial charge in [-0.1, -0.05) is 0 Å². The maximum atomic E-state index is 12.3. The standard InChI is InChI=1S/C14H13N5O2S/c20-12-10-7-2-1-3-8(7)22-14(10)19-11(18-12)13(21)17-6-9-15-4-5-16-9/h4-5H,1-3,6H2,(H,15,16)(H,17,21)(H,18,19,20). The molecule has 0 radical (unpaired) electrons. The highest BCUT2D eigenvalue weighted by Crippen LogP contribution is 2.34. The molecule has 1 aliphatic carbocycles. The predicted molar refractivity (Wildman–Crippen MR) is 82.0 cm³/mol. The quantitative estimate of drug-likeness (QED) is 0.674. The van der Waals surface area contributed by atoms with Crippen molar-refractivity contribution in [2.24, 2.45) is 0 Å². The summed E-state index contributed by atoms with van der Waals surface area (Å²) in [6.07, 6.45) is 6.30. The van der Waals surface area contributed by atoms with Gasteiger partial charge in [0.2, 0.25) is 5.82 Å². The third kappa shape index (κ3) is 2.12. The lowest BCUT2D eigenvalue weighted by Gasteiger charge is -2.03. The summed E-state index contributed by atoms with van der Waals surface area (Å²) in [5.74, 6) is 0.278. The minimum absolute atomic E-state index is 0.0454. The molecule has 0 aliphatic heterocycles. The van der Waals surface area contributed by atoms with E-state index < -0.39 is 5.91 Å². The monoisotopic (exact) mass is 315 g/mol. The van der Waals surface area contributed by atoms with Crippen molar-refractivity contribution in [3.05, 3.63) is 44.8 Å². The van der Waals surface area contributed by atoms with Crippen LogP contribution in [0.4, 0.5) is 0 Å². The van der Waals surface area contributed by atoms with Gasteiger partial charge in [0, 0.05) is 17.3 Å². The molecule has 0 spiro atoms. The molecule has 22 heavy (non-hydrogen) atoms. The van der Waals surface area contributed by atoms with Crippen LogP contribution in [0.25, 0.3) is 10.2 Å². The number of hydrogen-bond donors (Lipinski definition) is 3. The molecule has 0 bridgehead atoms. The number of imidazole rings is 1. The van der Waals surface area contributed by atoms with Gasteiger partial charge in [-0.15, -0.1) is 11.3 Å². The highest BCUT2D eigenvalue weighted by molar-refractivity contribution is 7.18. The number of H-pyrrole nitrogens is 2. The Morgan fingerprint density at radius 3 is 3.14 bits per heavy atom. The number of fused-ring (bicyclic) bond motifs is 3. The number of rotatable bonds is 3. The van der Waals surface area contributed by atoms with E-state index in [9.17, 15) is 9.59 Å². The molecule has 0 saturated carbocycles. The summed E-state index contributed by atoms with van der Waals surface area (Å²) >= 11 is 1.52. The van der Waals surface area contributed by atoms with Crippen molar-refractivity contribution >= 4 is 27.5 Å². The summed E-state index contributed by atoms with van der Waals surface area (Å²) in [6, 6.07) is 0. The van der Waals surface area contributed by atoms with Crippen LogP contribution >= 0.6 is 11.3 Å². The van der Waals surface area contributed by atoms with E-state index in [-0.39, 0.29) is 17.9 Å². The van der Waals surface area contributed by atoms with E-state index in [2.05, 4.69) is 25.3 Å². The lowest BCUT2D eigenvalue weighted by atomic mass is 10.2. The molecular weight excluding hydrogens is 302 g/mol. The molecule has 3 heterocycles. The van der Waals surface area contributed by atoms with E-state index in [4.69, 9.17) is 0 Å². The number of nitrogens with one attached hydrogen (secondary N) is 3. The average Bonchev–Trinajstić information content (AvgIpc) is 3.20. The van der Waals surface area contributed by atoms with Crippen molar-refractivity contribution in [2.75, 3.05) is 0 Å². The van der Waals surface area contributed by atoms with Gasteiger partial charge in [-0.2, -0.15) is 0 Å². The van der Waals surface area contributed by atoms with Gasteiger partial charge in [-0.3, -0.25) is 9.59 Å². The first-order valence-corrected chi connectivity index (χ1v) is 7.85. The molecule has 0 fully saturated rings. The Morgan fingerprint density at radius 2 is 2.32 bits per heavy atom. The topological polar surface area (TPSA) is 104 Å². The van der Waals surface area contributed by atoms with Crippen LogP contribution in [0.1, 0.15) is 33.3 Å². The largest absolute Gasteiger partial charge is 0.347 e. The Morgan fingerprint density at radius 1 is 1.41 bits per heavy atom. The summed E-state index contributed by atoms with van der Waals surface area (Å²) in [5.41, 5.74) is 0.879. The van der Waals surface area contributed by atoms with Crippen molar-refractivity contribution in [3.63, 3.8) is 0 Å². The average molecular weight is 315 g/mol. The van der Waals surface area contributed by atoms with Gasteiger partial charge in [0.1, 0.15) is 10.7 Å². The number of aryl methyl sites for hydroxylation is 2. The number of aromatic amines is 2. The Balaban J connectivity index is 1.65. The summed E-state index contributed by atoms with van der Waals surface area (Å²) in [4.78, 5) is 40.1. The van der Waals surface area contributed by atoms with Gasteiger partial charge in [-0.25, -0.2) is 9.97 Å². The zero-order valence-corrected chi connectivity index (χ0v) is 12.4. The highest BCUT2D eigenvalue weighted by Gasteiger charge is 2.22. The lowest BCUT2D eigenvalue weighted by molar-refractivity contribution is 0.0939. The van der Waals surface area contributed by atoms with Crippen LogP contribution in [-0.2, 0) is 19.4 Å². The maximum absolute atomic E-state index is 12.3. The lowest BCUT2D eigenvalue weighted by Crippen LogP contribution is -2.27. The number of nitrogens with zero attached hydrogens (tertiary/aromatic N) is 2. The molecule has 0 atom stereocenters. The van der Waals surface area contributed by atoms with E-state index in [0.29, 0.717) is 16.0 Å². The third-order valence-corrected chi connectivity index (χ3v) is 4.95.